The molecule has 100 valence electrons. The third-order valence-electron chi connectivity index (χ3n) is 3.51. The molecular weight excluding hydrogens is 250 g/mol. The van der Waals surface area contributed by atoms with Crippen molar-refractivity contribution in [3.8, 4) is 5.75 Å². The molecule has 1 saturated heterocycles. The monoisotopic (exact) mass is 269 g/mol. The van der Waals surface area contributed by atoms with E-state index in [1.165, 1.54) is 0 Å². The number of benzene rings is 1. The number of hydrogen-bond acceptors (Lipinski definition) is 3. The molecule has 0 bridgehead atoms. The first-order valence-corrected chi connectivity index (χ1v) is 6.83. The van der Waals surface area contributed by atoms with Crippen molar-refractivity contribution in [1.29, 1.82) is 0 Å². The minimum atomic E-state index is 0.407. The molecule has 0 amide bonds. The summed E-state index contributed by atoms with van der Waals surface area (Å²) in [6.07, 6.45) is 2.18. The third kappa shape index (κ3) is 3.87. The second kappa shape index (κ2) is 6.98. The number of nitrogens with two attached hydrogens (primary N) is 1. The van der Waals surface area contributed by atoms with Crippen LogP contribution in [0.2, 0.25) is 5.02 Å². The van der Waals surface area contributed by atoms with E-state index in [9.17, 15) is 0 Å². The van der Waals surface area contributed by atoms with Gasteiger partial charge in [-0.3, -0.25) is 0 Å². The van der Waals surface area contributed by atoms with Crippen molar-refractivity contribution in [3.63, 3.8) is 0 Å². The molecule has 18 heavy (non-hydrogen) atoms. The predicted molar refractivity (Wildman–Crippen MR) is 73.0 cm³/mol. The lowest BCUT2D eigenvalue weighted by Gasteiger charge is -2.29. The van der Waals surface area contributed by atoms with Crippen molar-refractivity contribution < 1.29 is 9.47 Å². The second-order valence-corrected chi connectivity index (χ2v) is 5.15. The Balaban J connectivity index is 1.84. The fourth-order valence-corrected chi connectivity index (χ4v) is 2.44. The summed E-state index contributed by atoms with van der Waals surface area (Å²) < 4.78 is 11.2. The van der Waals surface area contributed by atoms with Crippen molar-refractivity contribution in [2.24, 2.45) is 17.6 Å². The first kappa shape index (κ1) is 13.7. The van der Waals surface area contributed by atoms with Crippen molar-refractivity contribution in [2.45, 2.75) is 12.8 Å². The van der Waals surface area contributed by atoms with Crippen LogP contribution in [0.4, 0.5) is 0 Å². The van der Waals surface area contributed by atoms with Crippen molar-refractivity contribution >= 4 is 11.6 Å². The van der Waals surface area contributed by atoms with Gasteiger partial charge >= 0.3 is 0 Å². The Hall–Kier alpha value is -0.770. The van der Waals surface area contributed by atoms with Crippen LogP contribution in [0.15, 0.2) is 24.3 Å². The molecule has 1 aromatic carbocycles. The van der Waals surface area contributed by atoms with E-state index in [-0.39, 0.29) is 0 Å². The third-order valence-corrected chi connectivity index (χ3v) is 3.77. The summed E-state index contributed by atoms with van der Waals surface area (Å²) in [5.74, 6) is 1.88. The first-order chi connectivity index (χ1) is 8.79. The van der Waals surface area contributed by atoms with E-state index in [4.69, 9.17) is 26.8 Å². The Morgan fingerprint density at radius 1 is 1.28 bits per heavy atom. The topological polar surface area (TPSA) is 44.5 Å². The number of ether oxygens (including phenoxy) is 2. The highest BCUT2D eigenvalue weighted by molar-refractivity contribution is 6.30. The maximum absolute atomic E-state index is 5.85. The van der Waals surface area contributed by atoms with Crippen LogP contribution in [0.5, 0.6) is 5.75 Å². The van der Waals surface area contributed by atoms with Crippen LogP contribution in [-0.4, -0.2) is 26.4 Å². The van der Waals surface area contributed by atoms with E-state index in [0.29, 0.717) is 25.0 Å². The fraction of sp³-hybridized carbons (Fsp3) is 0.571. The molecular formula is C14H20ClNO2. The van der Waals surface area contributed by atoms with Gasteiger partial charge in [0, 0.05) is 24.2 Å². The Bertz CT molecular complexity index is 349. The smallest absolute Gasteiger partial charge is 0.119 e. The predicted octanol–water partition coefficient (Wildman–Crippen LogP) is 2.72. The van der Waals surface area contributed by atoms with Crippen LogP contribution in [0, 0.1) is 11.8 Å². The van der Waals surface area contributed by atoms with Gasteiger partial charge in [0.2, 0.25) is 0 Å². The molecule has 1 aromatic rings. The molecule has 1 aliphatic heterocycles. The molecule has 0 radical (unpaired) electrons. The normalized spacial score (nSPS) is 18.6. The van der Waals surface area contributed by atoms with Gasteiger partial charge in [-0.15, -0.1) is 0 Å². The quantitative estimate of drug-likeness (QED) is 0.894. The van der Waals surface area contributed by atoms with Gasteiger partial charge in [-0.2, -0.15) is 0 Å². The number of rotatable bonds is 5. The minimum Gasteiger partial charge on any atom is -0.493 e. The summed E-state index contributed by atoms with van der Waals surface area (Å²) in [7, 11) is 0. The van der Waals surface area contributed by atoms with E-state index in [1.54, 1.807) is 0 Å². The average molecular weight is 270 g/mol. The second-order valence-electron chi connectivity index (χ2n) is 4.71. The summed E-state index contributed by atoms with van der Waals surface area (Å²) in [6.45, 7) is 3.03. The van der Waals surface area contributed by atoms with Crippen LogP contribution in [-0.2, 0) is 4.74 Å². The zero-order valence-electron chi connectivity index (χ0n) is 10.5. The molecule has 2 rings (SSSR count). The molecule has 2 N–H and O–H groups in total. The average Bonchev–Trinajstić information content (AvgIpc) is 2.43. The molecule has 1 heterocycles. The Morgan fingerprint density at radius 2 is 1.94 bits per heavy atom. The van der Waals surface area contributed by atoms with E-state index >= 15 is 0 Å². The van der Waals surface area contributed by atoms with Crippen molar-refractivity contribution in [2.75, 3.05) is 26.4 Å². The Kier molecular flexibility index (Phi) is 5.29. The van der Waals surface area contributed by atoms with Crippen LogP contribution >= 0.6 is 11.6 Å². The SMILES string of the molecule is NCC(COc1ccc(Cl)cc1)C1CCOCC1. The largest absolute Gasteiger partial charge is 0.493 e. The van der Waals surface area contributed by atoms with Gasteiger partial charge in [-0.1, -0.05) is 11.6 Å². The maximum Gasteiger partial charge on any atom is 0.119 e. The van der Waals surface area contributed by atoms with E-state index in [2.05, 4.69) is 0 Å². The Labute approximate surface area is 113 Å². The number of halogens is 1. The lowest BCUT2D eigenvalue weighted by atomic mass is 9.86. The standard InChI is InChI=1S/C14H20ClNO2/c15-13-1-3-14(4-2-13)18-10-12(9-16)11-5-7-17-8-6-11/h1-4,11-12H,5-10,16H2. The van der Waals surface area contributed by atoms with Crippen LogP contribution < -0.4 is 10.5 Å². The van der Waals surface area contributed by atoms with Gasteiger partial charge < -0.3 is 15.2 Å². The zero-order valence-corrected chi connectivity index (χ0v) is 11.2. The molecule has 4 heteroatoms. The van der Waals surface area contributed by atoms with Gasteiger partial charge in [0.1, 0.15) is 5.75 Å². The Morgan fingerprint density at radius 3 is 2.56 bits per heavy atom. The number of hydrogen-bond donors (Lipinski definition) is 1. The highest BCUT2D eigenvalue weighted by Gasteiger charge is 2.23. The molecule has 0 spiro atoms. The molecule has 1 atom stereocenters. The van der Waals surface area contributed by atoms with Crippen LogP contribution in [0.1, 0.15) is 12.8 Å². The lowest BCUT2D eigenvalue weighted by Crippen LogP contribution is -2.32. The van der Waals surface area contributed by atoms with E-state index in [1.807, 2.05) is 24.3 Å². The van der Waals surface area contributed by atoms with E-state index < -0.39 is 0 Å². The molecule has 0 aliphatic carbocycles. The zero-order chi connectivity index (χ0) is 12.8. The molecule has 1 aliphatic rings. The van der Waals surface area contributed by atoms with Gasteiger partial charge in [-0.05, 0) is 49.6 Å². The fourth-order valence-electron chi connectivity index (χ4n) is 2.32. The van der Waals surface area contributed by atoms with Crippen molar-refractivity contribution in [3.05, 3.63) is 29.3 Å². The maximum atomic E-state index is 5.85. The molecule has 1 fully saturated rings. The van der Waals surface area contributed by atoms with Gasteiger partial charge in [0.05, 0.1) is 6.61 Å². The first-order valence-electron chi connectivity index (χ1n) is 6.46. The van der Waals surface area contributed by atoms with Crippen LogP contribution in [0.25, 0.3) is 0 Å². The molecule has 1 unspecified atom stereocenters. The molecule has 3 nitrogen and oxygen atoms in total. The summed E-state index contributed by atoms with van der Waals surface area (Å²) in [5.41, 5.74) is 5.85. The van der Waals surface area contributed by atoms with Crippen molar-refractivity contribution in [1.82, 2.24) is 0 Å². The lowest BCUT2D eigenvalue weighted by molar-refractivity contribution is 0.0381. The minimum absolute atomic E-state index is 0.407. The summed E-state index contributed by atoms with van der Waals surface area (Å²) in [4.78, 5) is 0. The summed E-state index contributed by atoms with van der Waals surface area (Å²) in [5, 5.41) is 0.724. The molecule has 0 saturated carbocycles. The highest BCUT2D eigenvalue weighted by atomic mass is 35.5. The highest BCUT2D eigenvalue weighted by Crippen LogP contribution is 2.24. The summed E-state index contributed by atoms with van der Waals surface area (Å²) >= 11 is 5.83. The summed E-state index contributed by atoms with van der Waals surface area (Å²) in [6, 6.07) is 7.45. The van der Waals surface area contributed by atoms with Gasteiger partial charge in [0.25, 0.3) is 0 Å². The van der Waals surface area contributed by atoms with Gasteiger partial charge in [0.15, 0.2) is 0 Å². The molecule has 0 aromatic heterocycles. The van der Waals surface area contributed by atoms with Crippen LogP contribution in [0.3, 0.4) is 0 Å². The van der Waals surface area contributed by atoms with E-state index in [0.717, 1.165) is 36.8 Å². The van der Waals surface area contributed by atoms with Gasteiger partial charge in [-0.25, -0.2) is 0 Å².